The molecule has 6 heteroatoms. The number of carbonyl (C=O) groups excluding carboxylic acids is 1. The maximum atomic E-state index is 11.8. The fourth-order valence-corrected chi connectivity index (χ4v) is 1.55. The molecule has 0 unspecified atom stereocenters. The first-order valence-electron chi connectivity index (χ1n) is 5.21. The van der Waals surface area contributed by atoms with E-state index in [1.54, 1.807) is 37.3 Å². The molecule has 92 valence electrons. The third-order valence-corrected chi connectivity index (χ3v) is 2.50. The van der Waals surface area contributed by atoms with E-state index in [9.17, 15) is 4.79 Å². The Bertz CT molecular complexity index is 607. The lowest BCUT2D eigenvalue weighted by atomic mass is 10.2. The van der Waals surface area contributed by atoms with Gasteiger partial charge in [0, 0.05) is 17.3 Å². The first kappa shape index (κ1) is 12.3. The molecule has 1 aromatic heterocycles. The van der Waals surface area contributed by atoms with Gasteiger partial charge in [-0.3, -0.25) is 4.79 Å². The second-order valence-electron chi connectivity index (χ2n) is 3.72. The molecule has 0 fully saturated rings. The van der Waals surface area contributed by atoms with Gasteiger partial charge in [0.05, 0.1) is 0 Å². The highest BCUT2D eigenvalue weighted by Crippen LogP contribution is 2.12. The van der Waals surface area contributed by atoms with E-state index < -0.39 is 0 Å². The van der Waals surface area contributed by atoms with E-state index in [2.05, 4.69) is 10.5 Å². The zero-order valence-corrected chi connectivity index (χ0v) is 10.5. The van der Waals surface area contributed by atoms with Gasteiger partial charge in [-0.15, -0.1) is 0 Å². The van der Waals surface area contributed by atoms with Gasteiger partial charge in [-0.05, 0) is 19.1 Å². The van der Waals surface area contributed by atoms with Gasteiger partial charge in [0.25, 0.3) is 5.91 Å². The minimum Gasteiger partial charge on any atom is -0.389 e. The number of rotatable bonds is 3. The Kier molecular flexibility index (Phi) is 3.38. The monoisotopic (exact) mass is 261 g/mol. The summed E-state index contributed by atoms with van der Waals surface area (Å²) < 4.78 is 4.83. The lowest BCUT2D eigenvalue weighted by Crippen LogP contribution is -2.14. The van der Waals surface area contributed by atoms with Crippen molar-refractivity contribution in [2.45, 2.75) is 6.92 Å². The Morgan fingerprint density at radius 1 is 1.44 bits per heavy atom. The predicted octanol–water partition coefficient (Wildman–Crippen LogP) is 1.87. The van der Waals surface area contributed by atoms with Gasteiger partial charge in [0.1, 0.15) is 10.7 Å². The molecular weight excluding hydrogens is 250 g/mol. The summed E-state index contributed by atoms with van der Waals surface area (Å²) in [5.41, 5.74) is 7.05. The van der Waals surface area contributed by atoms with Crippen LogP contribution >= 0.6 is 12.2 Å². The van der Waals surface area contributed by atoms with Crippen LogP contribution in [0.2, 0.25) is 0 Å². The molecular formula is C12H11N3O2S. The first-order chi connectivity index (χ1) is 8.56. The number of nitrogens with one attached hydrogen (secondary N) is 1. The number of aromatic nitrogens is 1. The van der Waals surface area contributed by atoms with Crippen LogP contribution in [0.5, 0.6) is 0 Å². The Morgan fingerprint density at radius 2 is 2.22 bits per heavy atom. The number of aryl methyl sites for hydroxylation is 1. The number of hydrogen-bond donors (Lipinski definition) is 2. The van der Waals surface area contributed by atoms with Crippen LogP contribution in [0.15, 0.2) is 34.9 Å². The average Bonchev–Trinajstić information content (AvgIpc) is 2.76. The molecule has 0 radical (unpaired) electrons. The number of carbonyl (C=O) groups is 1. The molecule has 0 atom stereocenters. The normalized spacial score (nSPS) is 10.1. The number of benzene rings is 1. The van der Waals surface area contributed by atoms with E-state index in [0.29, 0.717) is 17.0 Å². The summed E-state index contributed by atoms with van der Waals surface area (Å²) in [6.45, 7) is 1.72. The minimum absolute atomic E-state index is 0.230. The van der Waals surface area contributed by atoms with Crippen molar-refractivity contribution in [3.05, 3.63) is 47.3 Å². The molecule has 0 spiro atoms. The number of nitrogens with zero attached hydrogens (tertiary/aromatic N) is 1. The summed E-state index contributed by atoms with van der Waals surface area (Å²) in [7, 11) is 0. The molecule has 3 N–H and O–H groups in total. The van der Waals surface area contributed by atoms with Gasteiger partial charge in [0.15, 0.2) is 5.69 Å². The molecule has 1 heterocycles. The van der Waals surface area contributed by atoms with E-state index in [-0.39, 0.29) is 16.6 Å². The van der Waals surface area contributed by atoms with Crippen LogP contribution in [-0.4, -0.2) is 16.1 Å². The predicted molar refractivity (Wildman–Crippen MR) is 71.5 cm³/mol. The summed E-state index contributed by atoms with van der Waals surface area (Å²) in [5.74, 6) is 0.240. The first-order valence-corrected chi connectivity index (χ1v) is 5.61. The summed E-state index contributed by atoms with van der Waals surface area (Å²) in [5, 5.41) is 6.32. The molecule has 0 aliphatic heterocycles. The van der Waals surface area contributed by atoms with Crippen molar-refractivity contribution in [3.63, 3.8) is 0 Å². The zero-order chi connectivity index (χ0) is 13.1. The van der Waals surface area contributed by atoms with Crippen molar-refractivity contribution < 1.29 is 9.32 Å². The Morgan fingerprint density at radius 3 is 2.83 bits per heavy atom. The second kappa shape index (κ2) is 4.97. The maximum Gasteiger partial charge on any atom is 0.277 e. The van der Waals surface area contributed by atoms with Gasteiger partial charge in [-0.2, -0.15) is 0 Å². The Hall–Kier alpha value is -2.21. The van der Waals surface area contributed by atoms with Crippen LogP contribution in [0.3, 0.4) is 0 Å². The van der Waals surface area contributed by atoms with Gasteiger partial charge >= 0.3 is 0 Å². The van der Waals surface area contributed by atoms with Crippen LogP contribution in [0.4, 0.5) is 5.69 Å². The Labute approximate surface area is 109 Å². The highest BCUT2D eigenvalue weighted by molar-refractivity contribution is 7.80. The lowest BCUT2D eigenvalue weighted by Gasteiger charge is -2.04. The summed E-state index contributed by atoms with van der Waals surface area (Å²) in [6.07, 6.45) is 0. The maximum absolute atomic E-state index is 11.8. The van der Waals surface area contributed by atoms with E-state index in [1.165, 1.54) is 0 Å². The van der Waals surface area contributed by atoms with Crippen LogP contribution in [0, 0.1) is 6.92 Å². The Balaban J connectivity index is 2.16. The number of hydrogen-bond acceptors (Lipinski definition) is 4. The molecule has 5 nitrogen and oxygen atoms in total. The van der Waals surface area contributed by atoms with Crippen molar-refractivity contribution in [3.8, 4) is 0 Å². The van der Waals surface area contributed by atoms with E-state index >= 15 is 0 Å². The van der Waals surface area contributed by atoms with E-state index in [0.717, 1.165) is 0 Å². The third kappa shape index (κ3) is 2.72. The topological polar surface area (TPSA) is 81.2 Å². The second-order valence-corrected chi connectivity index (χ2v) is 4.16. The number of anilines is 1. The van der Waals surface area contributed by atoms with E-state index in [1.807, 2.05) is 0 Å². The van der Waals surface area contributed by atoms with Crippen molar-refractivity contribution in [1.29, 1.82) is 0 Å². The highest BCUT2D eigenvalue weighted by atomic mass is 32.1. The third-order valence-electron chi connectivity index (χ3n) is 2.27. The van der Waals surface area contributed by atoms with Gasteiger partial charge in [-0.1, -0.05) is 29.5 Å². The number of amides is 1. The lowest BCUT2D eigenvalue weighted by molar-refractivity contribution is 0.101. The molecule has 0 aliphatic rings. The number of thiocarbonyl (C=S) groups is 1. The molecule has 2 rings (SSSR count). The zero-order valence-electron chi connectivity index (χ0n) is 9.64. The van der Waals surface area contributed by atoms with Crippen LogP contribution < -0.4 is 11.1 Å². The van der Waals surface area contributed by atoms with Crippen LogP contribution in [0.25, 0.3) is 0 Å². The smallest absolute Gasteiger partial charge is 0.277 e. The molecule has 0 aliphatic carbocycles. The molecule has 0 saturated carbocycles. The van der Waals surface area contributed by atoms with Crippen molar-refractivity contribution >= 4 is 28.8 Å². The van der Waals surface area contributed by atoms with E-state index in [4.69, 9.17) is 22.5 Å². The quantitative estimate of drug-likeness (QED) is 0.824. The molecule has 0 saturated heterocycles. The number of nitrogens with two attached hydrogens (primary N) is 1. The molecule has 18 heavy (non-hydrogen) atoms. The van der Waals surface area contributed by atoms with Gasteiger partial charge in [0.2, 0.25) is 0 Å². The van der Waals surface area contributed by atoms with Gasteiger partial charge in [-0.25, -0.2) is 0 Å². The largest absolute Gasteiger partial charge is 0.389 e. The summed E-state index contributed by atoms with van der Waals surface area (Å²) in [6, 6.07) is 8.54. The summed E-state index contributed by atoms with van der Waals surface area (Å²) in [4.78, 5) is 12.1. The van der Waals surface area contributed by atoms with Crippen LogP contribution in [-0.2, 0) is 0 Å². The molecule has 0 bridgehead atoms. The average molecular weight is 261 g/mol. The van der Waals surface area contributed by atoms with Crippen molar-refractivity contribution in [2.24, 2.45) is 5.73 Å². The molecule has 2 aromatic rings. The van der Waals surface area contributed by atoms with Gasteiger partial charge < -0.3 is 15.6 Å². The standard InChI is InChI=1S/C12H11N3O2S/c1-7-5-10(15-17-7)12(16)14-9-4-2-3-8(6-9)11(13)18/h2-6H,1H3,(H2,13,18)(H,14,16). The van der Waals surface area contributed by atoms with Crippen molar-refractivity contribution in [2.75, 3.05) is 5.32 Å². The fraction of sp³-hybridized carbons (Fsp3) is 0.0833. The van der Waals surface area contributed by atoms with Crippen molar-refractivity contribution in [1.82, 2.24) is 5.16 Å². The highest BCUT2D eigenvalue weighted by Gasteiger charge is 2.11. The molecule has 1 aromatic carbocycles. The molecule has 1 amide bonds. The fourth-order valence-electron chi connectivity index (χ4n) is 1.42. The summed E-state index contributed by atoms with van der Waals surface area (Å²) >= 11 is 4.87. The van der Waals surface area contributed by atoms with Crippen LogP contribution in [0.1, 0.15) is 21.8 Å². The SMILES string of the molecule is Cc1cc(C(=O)Nc2cccc(C(N)=S)c2)no1. The minimum atomic E-state index is -0.341.